The molecule has 0 aliphatic rings. The first kappa shape index (κ1) is 9.61. The van der Waals surface area contributed by atoms with Crippen molar-refractivity contribution in [3.8, 4) is 0 Å². The highest BCUT2D eigenvalue weighted by Crippen LogP contribution is 2.03. The Morgan fingerprint density at radius 3 is 3.08 bits per heavy atom. The second-order valence-corrected chi connectivity index (χ2v) is 2.55. The summed E-state index contributed by atoms with van der Waals surface area (Å²) in [6.07, 6.45) is 6.34. The van der Waals surface area contributed by atoms with Gasteiger partial charge in [-0.1, -0.05) is 6.08 Å². The Morgan fingerprint density at radius 1 is 1.54 bits per heavy atom. The highest BCUT2D eigenvalue weighted by Gasteiger charge is 1.91. The van der Waals surface area contributed by atoms with Gasteiger partial charge < -0.3 is 9.90 Å². The molecule has 0 fully saturated rings. The molecule has 0 atom stereocenters. The lowest BCUT2D eigenvalue weighted by molar-refractivity contribution is -0.107. The lowest BCUT2D eigenvalue weighted by Gasteiger charge is -1.96. The monoisotopic (exact) mass is 177 g/mol. The predicted molar refractivity (Wildman–Crippen MR) is 49.9 cm³/mol. The van der Waals surface area contributed by atoms with E-state index in [9.17, 15) is 4.79 Å². The van der Waals surface area contributed by atoms with Crippen molar-refractivity contribution in [2.24, 2.45) is 0 Å². The Morgan fingerprint density at radius 2 is 2.38 bits per heavy atom. The maximum atomic E-state index is 10.0. The van der Waals surface area contributed by atoms with Gasteiger partial charge in [-0.15, -0.1) is 0 Å². The van der Waals surface area contributed by atoms with E-state index in [0.29, 0.717) is 6.42 Å². The second-order valence-electron chi connectivity index (χ2n) is 2.55. The molecule has 1 aromatic heterocycles. The van der Waals surface area contributed by atoms with Gasteiger partial charge in [-0.25, -0.2) is 0 Å². The summed E-state index contributed by atoms with van der Waals surface area (Å²) in [5, 5.41) is 8.83. The first-order valence-corrected chi connectivity index (χ1v) is 4.03. The molecule has 1 rings (SSSR count). The molecule has 0 radical (unpaired) electrons. The van der Waals surface area contributed by atoms with Crippen molar-refractivity contribution in [3.05, 3.63) is 35.7 Å². The number of allylic oxidation sites excluding steroid dienone is 1. The Balaban J connectivity index is 2.71. The predicted octanol–water partition coefficient (Wildman–Crippen LogP) is 1.18. The number of aldehydes is 1. The number of hydrogen-bond acceptors (Lipinski definition) is 3. The highest BCUT2D eigenvalue weighted by molar-refractivity contribution is 5.56. The maximum absolute atomic E-state index is 10.0. The Kier molecular flexibility index (Phi) is 3.85. The first-order valence-electron chi connectivity index (χ1n) is 4.03. The molecule has 3 nitrogen and oxygen atoms in total. The van der Waals surface area contributed by atoms with Crippen molar-refractivity contribution in [2.45, 2.75) is 13.0 Å². The van der Waals surface area contributed by atoms with Crippen molar-refractivity contribution >= 4 is 12.4 Å². The van der Waals surface area contributed by atoms with Crippen LogP contribution in [0.2, 0.25) is 0 Å². The zero-order valence-electron chi connectivity index (χ0n) is 7.18. The van der Waals surface area contributed by atoms with Crippen molar-refractivity contribution in [3.63, 3.8) is 0 Å². The molecule has 0 spiro atoms. The number of carbonyl (C=O) groups is 1. The van der Waals surface area contributed by atoms with Gasteiger partial charge in [0.2, 0.25) is 0 Å². The number of carbonyl (C=O) groups excluding carboxylic acids is 1. The van der Waals surface area contributed by atoms with E-state index in [1.165, 1.54) is 0 Å². The fourth-order valence-electron chi connectivity index (χ4n) is 0.928. The zero-order chi connectivity index (χ0) is 9.52. The lowest BCUT2D eigenvalue weighted by Crippen LogP contribution is -1.86. The van der Waals surface area contributed by atoms with E-state index < -0.39 is 0 Å². The van der Waals surface area contributed by atoms with Crippen LogP contribution >= 0.6 is 0 Å². The van der Waals surface area contributed by atoms with E-state index in [0.717, 1.165) is 17.5 Å². The molecule has 0 aliphatic carbocycles. The summed E-state index contributed by atoms with van der Waals surface area (Å²) in [5.74, 6) is 0. The van der Waals surface area contributed by atoms with Gasteiger partial charge in [0.25, 0.3) is 0 Å². The Bertz CT molecular complexity index is 308. The SMILES string of the molecule is O=CCC=Cc1cc(CO)ccn1. The molecule has 1 heterocycles. The molecule has 13 heavy (non-hydrogen) atoms. The van der Waals surface area contributed by atoms with Crippen LogP contribution < -0.4 is 0 Å². The van der Waals surface area contributed by atoms with Gasteiger partial charge in [0, 0.05) is 12.6 Å². The molecule has 0 saturated heterocycles. The van der Waals surface area contributed by atoms with Crippen LogP contribution in [0.15, 0.2) is 24.4 Å². The van der Waals surface area contributed by atoms with E-state index in [-0.39, 0.29) is 6.61 Å². The third-order valence-corrected chi connectivity index (χ3v) is 1.55. The van der Waals surface area contributed by atoms with Crippen molar-refractivity contribution in [2.75, 3.05) is 0 Å². The van der Waals surface area contributed by atoms with E-state index in [1.807, 2.05) is 0 Å². The standard InChI is InChI=1S/C10H11NO2/c12-6-2-1-3-10-7-9(8-13)4-5-11-10/h1,3-7,13H,2,8H2. The van der Waals surface area contributed by atoms with Gasteiger partial charge in [-0.3, -0.25) is 4.98 Å². The fourth-order valence-corrected chi connectivity index (χ4v) is 0.928. The van der Waals surface area contributed by atoms with E-state index in [4.69, 9.17) is 5.11 Å². The van der Waals surface area contributed by atoms with E-state index in [2.05, 4.69) is 4.98 Å². The van der Waals surface area contributed by atoms with Crippen LogP contribution in [0.1, 0.15) is 17.7 Å². The third kappa shape index (κ3) is 3.17. The van der Waals surface area contributed by atoms with Crippen molar-refractivity contribution in [1.82, 2.24) is 4.98 Å². The van der Waals surface area contributed by atoms with Crippen molar-refractivity contribution in [1.29, 1.82) is 0 Å². The molecular weight excluding hydrogens is 166 g/mol. The average Bonchev–Trinajstić information content (AvgIpc) is 2.19. The van der Waals surface area contributed by atoms with Crippen LogP contribution in [-0.4, -0.2) is 16.4 Å². The maximum Gasteiger partial charge on any atom is 0.123 e. The van der Waals surface area contributed by atoms with Gasteiger partial charge in [-0.2, -0.15) is 0 Å². The molecule has 0 aliphatic heterocycles. The number of aromatic nitrogens is 1. The quantitative estimate of drug-likeness (QED) is 0.702. The van der Waals surface area contributed by atoms with Gasteiger partial charge in [0.15, 0.2) is 0 Å². The molecule has 0 aromatic carbocycles. The van der Waals surface area contributed by atoms with Crippen LogP contribution in [0, 0.1) is 0 Å². The molecule has 3 heteroatoms. The number of aliphatic hydroxyl groups excluding tert-OH is 1. The molecular formula is C10H11NO2. The number of pyridine rings is 1. The topological polar surface area (TPSA) is 50.2 Å². The van der Waals surface area contributed by atoms with Gasteiger partial charge in [-0.05, 0) is 23.8 Å². The largest absolute Gasteiger partial charge is 0.392 e. The third-order valence-electron chi connectivity index (χ3n) is 1.55. The summed E-state index contributed by atoms with van der Waals surface area (Å²) < 4.78 is 0. The number of aliphatic hydroxyl groups is 1. The summed E-state index contributed by atoms with van der Waals surface area (Å²) in [5.41, 5.74) is 1.58. The van der Waals surface area contributed by atoms with Crippen LogP contribution in [0.5, 0.6) is 0 Å². The van der Waals surface area contributed by atoms with Gasteiger partial charge >= 0.3 is 0 Å². The summed E-state index contributed by atoms with van der Waals surface area (Å²) in [7, 11) is 0. The number of nitrogens with zero attached hydrogens (tertiary/aromatic N) is 1. The summed E-state index contributed by atoms with van der Waals surface area (Å²) in [6.45, 7) is 0.0110. The number of hydrogen-bond donors (Lipinski definition) is 1. The van der Waals surface area contributed by atoms with Crippen LogP contribution in [0.3, 0.4) is 0 Å². The minimum Gasteiger partial charge on any atom is -0.392 e. The highest BCUT2D eigenvalue weighted by atomic mass is 16.3. The van der Waals surface area contributed by atoms with E-state index >= 15 is 0 Å². The first-order chi connectivity index (χ1) is 6.36. The van der Waals surface area contributed by atoms with Crippen LogP contribution in [0.25, 0.3) is 6.08 Å². The Labute approximate surface area is 76.7 Å². The Hall–Kier alpha value is -1.48. The van der Waals surface area contributed by atoms with Crippen LogP contribution in [0.4, 0.5) is 0 Å². The molecule has 0 bridgehead atoms. The molecule has 1 aromatic rings. The molecule has 1 N–H and O–H groups in total. The van der Waals surface area contributed by atoms with Gasteiger partial charge in [0.1, 0.15) is 6.29 Å². The van der Waals surface area contributed by atoms with E-state index in [1.54, 1.807) is 30.5 Å². The molecule has 68 valence electrons. The van der Waals surface area contributed by atoms with Crippen LogP contribution in [-0.2, 0) is 11.4 Å². The smallest absolute Gasteiger partial charge is 0.123 e. The lowest BCUT2D eigenvalue weighted by atomic mass is 10.2. The zero-order valence-corrected chi connectivity index (χ0v) is 7.18. The minimum absolute atomic E-state index is 0.0110. The summed E-state index contributed by atoms with van der Waals surface area (Å²) in [6, 6.07) is 3.53. The summed E-state index contributed by atoms with van der Waals surface area (Å²) in [4.78, 5) is 14.1. The number of rotatable bonds is 4. The van der Waals surface area contributed by atoms with Gasteiger partial charge in [0.05, 0.1) is 12.3 Å². The molecule has 0 saturated carbocycles. The minimum atomic E-state index is 0.0110. The van der Waals surface area contributed by atoms with Crippen molar-refractivity contribution < 1.29 is 9.90 Å². The second kappa shape index (κ2) is 5.22. The normalized spacial score (nSPS) is 10.5. The summed E-state index contributed by atoms with van der Waals surface area (Å²) >= 11 is 0. The molecule has 0 unspecified atom stereocenters. The average molecular weight is 177 g/mol. The molecule has 0 amide bonds. The fraction of sp³-hybridized carbons (Fsp3) is 0.200.